The molecule has 2 heterocycles. The molecule has 3 aromatic carbocycles. The van der Waals surface area contributed by atoms with Crippen molar-refractivity contribution in [2.45, 2.75) is 58.9 Å². The first-order chi connectivity index (χ1) is 22.2. The van der Waals surface area contributed by atoms with Crippen LogP contribution in [0.5, 0.6) is 5.75 Å². The molecule has 0 saturated carbocycles. The molecule has 248 valence electrons. The maximum Gasteiger partial charge on any atom is 0.416 e. The summed E-state index contributed by atoms with van der Waals surface area (Å²) in [5, 5.41) is 10.1. The van der Waals surface area contributed by atoms with Crippen LogP contribution in [0.25, 0.3) is 10.6 Å². The van der Waals surface area contributed by atoms with E-state index in [0.717, 1.165) is 65.7 Å². The number of carbonyl (C=O) groups is 2. The zero-order valence-corrected chi connectivity index (χ0v) is 27.7. The Hall–Kier alpha value is -4.22. The number of hydrogen-bond donors (Lipinski definition) is 1. The third kappa shape index (κ3) is 8.39. The number of thiazole rings is 1. The topological polar surface area (TPSA) is 83.0 Å². The molecule has 11 heteroatoms. The Labute approximate surface area is 276 Å². The van der Waals surface area contributed by atoms with Gasteiger partial charge in [-0.2, -0.15) is 13.2 Å². The number of ether oxygens (including phenoxy) is 1. The predicted octanol–water partition coefficient (Wildman–Crippen LogP) is 7.69. The first-order valence-electron chi connectivity index (χ1n) is 15.5. The van der Waals surface area contributed by atoms with Crippen LogP contribution in [0.2, 0.25) is 0 Å². The van der Waals surface area contributed by atoms with Crippen LogP contribution >= 0.6 is 11.3 Å². The maximum absolute atomic E-state index is 13.2. The minimum Gasteiger partial charge on any atom is -0.478 e. The lowest BCUT2D eigenvalue weighted by Gasteiger charge is -2.36. The van der Waals surface area contributed by atoms with Gasteiger partial charge in [-0.1, -0.05) is 24.3 Å². The summed E-state index contributed by atoms with van der Waals surface area (Å²) in [5.74, 6) is -0.498. The van der Waals surface area contributed by atoms with Crippen LogP contribution < -0.4 is 9.64 Å². The van der Waals surface area contributed by atoms with E-state index in [4.69, 9.17) is 9.72 Å². The summed E-state index contributed by atoms with van der Waals surface area (Å²) in [6, 6.07) is 18.5. The molecule has 0 unspecified atom stereocenters. The number of aryl methyl sites for hydroxylation is 3. The van der Waals surface area contributed by atoms with Gasteiger partial charge in [-0.15, -0.1) is 11.3 Å². The van der Waals surface area contributed by atoms with E-state index >= 15 is 0 Å². The van der Waals surface area contributed by atoms with Gasteiger partial charge in [0.25, 0.3) is 0 Å². The van der Waals surface area contributed by atoms with Crippen LogP contribution in [0.15, 0.2) is 66.7 Å². The monoisotopic (exact) mass is 665 g/mol. The number of ketones is 1. The first kappa shape index (κ1) is 34.1. The number of rotatable bonds is 11. The number of piperazine rings is 1. The Morgan fingerprint density at radius 3 is 2.17 bits per heavy atom. The summed E-state index contributed by atoms with van der Waals surface area (Å²) in [6.07, 6.45) is -3.01. The molecular formula is C36H38F3N3O4S. The van der Waals surface area contributed by atoms with Gasteiger partial charge in [-0.3, -0.25) is 9.69 Å². The molecule has 0 radical (unpaired) electrons. The van der Waals surface area contributed by atoms with Gasteiger partial charge in [0.1, 0.15) is 10.8 Å². The van der Waals surface area contributed by atoms with Crippen molar-refractivity contribution in [3.63, 3.8) is 0 Å². The molecular weight excluding hydrogens is 627 g/mol. The molecule has 0 spiro atoms. The lowest BCUT2D eigenvalue weighted by molar-refractivity contribution is -0.152. The molecule has 1 saturated heterocycles. The number of aliphatic carboxylic acids is 1. The molecule has 47 heavy (non-hydrogen) atoms. The van der Waals surface area contributed by atoms with E-state index in [9.17, 15) is 27.9 Å². The second kappa shape index (κ2) is 13.9. The van der Waals surface area contributed by atoms with Crippen molar-refractivity contribution >= 4 is 28.8 Å². The highest BCUT2D eigenvalue weighted by atomic mass is 32.1. The fourth-order valence-electron chi connectivity index (χ4n) is 5.47. The molecule has 1 aliphatic rings. The number of nitrogens with zero attached hydrogens (tertiary/aromatic N) is 3. The van der Waals surface area contributed by atoms with Gasteiger partial charge >= 0.3 is 12.1 Å². The van der Waals surface area contributed by atoms with Crippen molar-refractivity contribution in [3.8, 4) is 16.3 Å². The highest BCUT2D eigenvalue weighted by molar-refractivity contribution is 7.15. The van der Waals surface area contributed by atoms with Crippen LogP contribution in [0, 0.1) is 6.92 Å². The Morgan fingerprint density at radius 2 is 1.60 bits per heavy atom. The summed E-state index contributed by atoms with van der Waals surface area (Å²) in [7, 11) is 0. The molecule has 4 aromatic rings. The van der Waals surface area contributed by atoms with Gasteiger partial charge in [-0.25, -0.2) is 9.78 Å². The van der Waals surface area contributed by atoms with Crippen LogP contribution in [-0.2, 0) is 30.4 Å². The quantitative estimate of drug-likeness (QED) is 0.165. The Balaban J connectivity index is 1.31. The number of carboxylic acids is 1. The van der Waals surface area contributed by atoms with Crippen LogP contribution in [0.1, 0.15) is 58.4 Å². The second-order valence-corrected chi connectivity index (χ2v) is 13.4. The first-order valence-corrected chi connectivity index (χ1v) is 16.3. The van der Waals surface area contributed by atoms with Crippen LogP contribution in [-0.4, -0.2) is 58.5 Å². The fourth-order valence-corrected chi connectivity index (χ4v) is 6.54. The molecule has 0 amide bonds. The Kier molecular flexibility index (Phi) is 10.1. The SMILES string of the molecule is CC(=O)c1ccc(N2CCN(Cc3nc(-c4ccc(C(F)(F)F)cc4)sc3CCc3ccc(OC(C)(C)C(=O)O)c(C)c3)CC2)cc1. The number of halogens is 3. The number of anilines is 1. The van der Waals surface area contributed by atoms with Crippen molar-refractivity contribution in [2.75, 3.05) is 31.1 Å². The highest BCUT2D eigenvalue weighted by Gasteiger charge is 2.31. The molecule has 5 rings (SSSR count). The highest BCUT2D eigenvalue weighted by Crippen LogP contribution is 2.34. The lowest BCUT2D eigenvalue weighted by atomic mass is 10.0. The normalized spacial score (nSPS) is 14.3. The largest absolute Gasteiger partial charge is 0.478 e. The van der Waals surface area contributed by atoms with Gasteiger partial charge in [0, 0.05) is 54.4 Å². The van der Waals surface area contributed by atoms with E-state index in [0.29, 0.717) is 41.3 Å². The number of Topliss-reactive ketones (excluding diaryl/α,β-unsaturated/α-hetero) is 1. The van der Waals surface area contributed by atoms with Crippen molar-refractivity contribution in [3.05, 3.63) is 99.6 Å². The molecule has 1 aliphatic heterocycles. The third-order valence-corrected chi connectivity index (χ3v) is 9.59. The average molecular weight is 666 g/mol. The molecule has 0 atom stereocenters. The van der Waals surface area contributed by atoms with Gasteiger partial charge in [0.15, 0.2) is 11.4 Å². The van der Waals surface area contributed by atoms with E-state index in [-0.39, 0.29) is 5.78 Å². The third-order valence-electron chi connectivity index (χ3n) is 8.38. The van der Waals surface area contributed by atoms with E-state index in [2.05, 4.69) is 9.80 Å². The summed E-state index contributed by atoms with van der Waals surface area (Å²) in [4.78, 5) is 33.8. The fraction of sp³-hybridized carbons (Fsp3) is 0.361. The molecule has 1 fully saturated rings. The number of alkyl halides is 3. The number of hydrogen-bond acceptors (Lipinski definition) is 7. The number of carbonyl (C=O) groups excluding carboxylic acids is 1. The van der Waals surface area contributed by atoms with Crippen molar-refractivity contribution < 1.29 is 32.6 Å². The number of aromatic nitrogens is 1. The van der Waals surface area contributed by atoms with E-state index < -0.39 is 23.3 Å². The number of carboxylic acid groups (broad SMARTS) is 1. The smallest absolute Gasteiger partial charge is 0.416 e. The minimum absolute atomic E-state index is 0.0389. The maximum atomic E-state index is 13.2. The molecule has 7 nitrogen and oxygen atoms in total. The number of benzene rings is 3. The van der Waals surface area contributed by atoms with E-state index in [1.807, 2.05) is 43.3 Å². The van der Waals surface area contributed by atoms with Crippen molar-refractivity contribution in [2.24, 2.45) is 0 Å². The van der Waals surface area contributed by atoms with Gasteiger partial charge in [0.2, 0.25) is 0 Å². The lowest BCUT2D eigenvalue weighted by Crippen LogP contribution is -2.46. The van der Waals surface area contributed by atoms with Gasteiger partial charge in [0.05, 0.1) is 11.3 Å². The van der Waals surface area contributed by atoms with Crippen LogP contribution in [0.4, 0.5) is 18.9 Å². The van der Waals surface area contributed by atoms with Crippen LogP contribution in [0.3, 0.4) is 0 Å². The summed E-state index contributed by atoms with van der Waals surface area (Å²) >= 11 is 1.51. The molecule has 0 aliphatic carbocycles. The summed E-state index contributed by atoms with van der Waals surface area (Å²) in [5.41, 5.74) is 3.17. The standard InChI is InChI=1S/C36H38F3N3O4S/c1-23-21-25(5-15-31(23)46-35(3,4)34(44)45)6-16-32-30(40-33(47-32)27-7-11-28(12-8-27)36(37,38)39)22-41-17-19-42(20-18-41)29-13-9-26(10-14-29)24(2)43/h5,7-15,21H,6,16-20,22H2,1-4H3,(H,44,45). The Morgan fingerprint density at radius 1 is 0.936 bits per heavy atom. The van der Waals surface area contributed by atoms with E-state index in [1.165, 1.54) is 37.3 Å². The van der Waals surface area contributed by atoms with Gasteiger partial charge < -0.3 is 14.7 Å². The zero-order valence-electron chi connectivity index (χ0n) is 26.9. The predicted molar refractivity (Wildman–Crippen MR) is 177 cm³/mol. The summed E-state index contributed by atoms with van der Waals surface area (Å²) < 4.78 is 45.3. The van der Waals surface area contributed by atoms with Crippen molar-refractivity contribution in [1.82, 2.24) is 9.88 Å². The van der Waals surface area contributed by atoms with Gasteiger partial charge in [-0.05, 0) is 94.1 Å². The molecule has 1 aromatic heterocycles. The molecule has 0 bridgehead atoms. The average Bonchev–Trinajstić information content (AvgIpc) is 3.43. The molecule has 1 N–H and O–H groups in total. The zero-order chi connectivity index (χ0) is 33.9. The summed E-state index contributed by atoms with van der Waals surface area (Å²) in [6.45, 7) is 10.3. The Bertz CT molecular complexity index is 1730. The second-order valence-electron chi connectivity index (χ2n) is 12.3. The van der Waals surface area contributed by atoms with E-state index in [1.54, 1.807) is 13.0 Å². The van der Waals surface area contributed by atoms with Crippen molar-refractivity contribution in [1.29, 1.82) is 0 Å². The minimum atomic E-state index is -4.41.